The Kier molecular flexibility index (Phi) is 5.32. The Morgan fingerprint density at radius 1 is 1.43 bits per heavy atom. The predicted molar refractivity (Wildman–Crippen MR) is 73.0 cm³/mol. The van der Waals surface area contributed by atoms with E-state index in [-0.39, 0.29) is 15.7 Å². The van der Waals surface area contributed by atoms with E-state index in [4.69, 9.17) is 0 Å². The van der Waals surface area contributed by atoms with Crippen molar-refractivity contribution in [1.29, 1.82) is 0 Å². The smallest absolute Gasteiger partial charge is 0.327 e. The van der Waals surface area contributed by atoms with E-state index < -0.39 is 29.6 Å². The zero-order valence-corrected chi connectivity index (χ0v) is 12.7. The molecule has 5 nitrogen and oxygen atoms in total. The molecule has 1 rings (SSSR count). The Morgan fingerprint density at radius 3 is 2.43 bits per heavy atom. The summed E-state index contributed by atoms with van der Waals surface area (Å²) in [6, 6.07) is 2.95. The van der Waals surface area contributed by atoms with E-state index in [0.717, 1.165) is 6.07 Å². The fourth-order valence-electron chi connectivity index (χ4n) is 1.66. The normalized spacial score (nSPS) is 11.6. The molecule has 0 saturated carbocycles. The summed E-state index contributed by atoms with van der Waals surface area (Å²) in [5.41, 5.74) is -0.557. The van der Waals surface area contributed by atoms with Gasteiger partial charge in [-0.1, -0.05) is 6.07 Å². The number of carbonyl (C=O) groups is 1. The van der Waals surface area contributed by atoms with Crippen LogP contribution in [0, 0.1) is 10.1 Å². The van der Waals surface area contributed by atoms with Crippen LogP contribution in [-0.4, -0.2) is 34.5 Å². The first-order chi connectivity index (χ1) is 9.54. The van der Waals surface area contributed by atoms with Crippen molar-refractivity contribution in [3.05, 3.63) is 38.3 Å². The van der Waals surface area contributed by atoms with Crippen molar-refractivity contribution in [2.24, 2.45) is 0 Å². The summed E-state index contributed by atoms with van der Waals surface area (Å²) in [4.78, 5) is 22.9. The Labute approximate surface area is 127 Å². The molecule has 0 unspecified atom stereocenters. The molecule has 1 aromatic rings. The van der Waals surface area contributed by atoms with Gasteiger partial charge in [0.25, 0.3) is 11.6 Å². The highest BCUT2D eigenvalue weighted by atomic mass is 79.9. The molecular weight excluding hydrogens is 357 g/mol. The minimum Gasteiger partial charge on any atom is -0.327 e. The van der Waals surface area contributed by atoms with Gasteiger partial charge in [-0.3, -0.25) is 14.9 Å². The standard InChI is InChI=1S/C12H12BrF3N2O3/c1-7(2)17(6-12(14,15)16)11(19)8-4-3-5-9(10(8)13)18(20)21/h3-5,7H,6H2,1-2H3. The first-order valence-electron chi connectivity index (χ1n) is 5.85. The van der Waals surface area contributed by atoms with Crippen LogP contribution in [0.3, 0.4) is 0 Å². The topological polar surface area (TPSA) is 63.5 Å². The molecule has 0 heterocycles. The summed E-state index contributed by atoms with van der Waals surface area (Å²) < 4.78 is 37.5. The minimum atomic E-state index is -4.55. The molecule has 0 saturated heterocycles. The summed E-state index contributed by atoms with van der Waals surface area (Å²) in [5, 5.41) is 10.8. The molecule has 0 aliphatic heterocycles. The summed E-state index contributed by atoms with van der Waals surface area (Å²) in [7, 11) is 0. The number of nitrogens with zero attached hydrogens (tertiary/aromatic N) is 2. The Hall–Kier alpha value is -1.64. The summed E-state index contributed by atoms with van der Waals surface area (Å²) in [6.07, 6.45) is -4.55. The maximum absolute atomic E-state index is 12.5. The number of carbonyl (C=O) groups excluding carboxylic acids is 1. The number of rotatable bonds is 4. The molecule has 0 spiro atoms. The molecule has 0 fully saturated rings. The lowest BCUT2D eigenvalue weighted by atomic mass is 10.1. The average Bonchev–Trinajstić information content (AvgIpc) is 2.33. The number of hydrogen-bond acceptors (Lipinski definition) is 3. The number of nitro benzene ring substituents is 1. The van der Waals surface area contributed by atoms with Gasteiger partial charge in [0, 0.05) is 12.1 Å². The van der Waals surface area contributed by atoms with Crippen molar-refractivity contribution in [1.82, 2.24) is 4.90 Å². The third-order valence-electron chi connectivity index (χ3n) is 2.64. The predicted octanol–water partition coefficient (Wildman–Crippen LogP) is 3.77. The molecule has 0 aliphatic rings. The highest BCUT2D eigenvalue weighted by Gasteiger charge is 2.35. The lowest BCUT2D eigenvalue weighted by Gasteiger charge is -2.28. The first-order valence-corrected chi connectivity index (χ1v) is 6.64. The number of hydrogen-bond donors (Lipinski definition) is 0. The quantitative estimate of drug-likeness (QED) is 0.600. The number of alkyl halides is 3. The van der Waals surface area contributed by atoms with Crippen LogP contribution < -0.4 is 0 Å². The molecule has 0 N–H and O–H groups in total. The molecule has 0 radical (unpaired) electrons. The monoisotopic (exact) mass is 368 g/mol. The number of benzene rings is 1. The molecule has 0 atom stereocenters. The second-order valence-corrected chi connectivity index (χ2v) is 5.33. The van der Waals surface area contributed by atoms with Crippen LogP contribution in [0.1, 0.15) is 24.2 Å². The van der Waals surface area contributed by atoms with Gasteiger partial charge in [-0.25, -0.2) is 0 Å². The van der Waals surface area contributed by atoms with Gasteiger partial charge in [-0.15, -0.1) is 0 Å². The van der Waals surface area contributed by atoms with E-state index in [1.807, 2.05) is 0 Å². The molecule has 0 aromatic heterocycles. The van der Waals surface area contributed by atoms with Crippen LogP contribution in [0.2, 0.25) is 0 Å². The highest BCUT2D eigenvalue weighted by Crippen LogP contribution is 2.30. The third-order valence-corrected chi connectivity index (χ3v) is 3.47. The van der Waals surface area contributed by atoms with E-state index in [9.17, 15) is 28.1 Å². The number of halogens is 4. The van der Waals surface area contributed by atoms with Crippen LogP contribution >= 0.6 is 15.9 Å². The second kappa shape index (κ2) is 6.42. The SMILES string of the molecule is CC(C)N(CC(F)(F)F)C(=O)c1cccc([N+](=O)[O-])c1Br. The number of nitro groups is 1. The highest BCUT2D eigenvalue weighted by molar-refractivity contribution is 9.10. The molecule has 21 heavy (non-hydrogen) atoms. The van der Waals surface area contributed by atoms with Crippen LogP contribution in [0.15, 0.2) is 22.7 Å². The minimum absolute atomic E-state index is 0.132. The Balaban J connectivity index is 3.22. The third kappa shape index (κ3) is 4.42. The molecule has 1 amide bonds. The van der Waals surface area contributed by atoms with Crippen molar-refractivity contribution >= 4 is 27.5 Å². The zero-order chi connectivity index (χ0) is 16.4. The Bertz CT molecular complexity index is 561. The molecule has 1 aromatic carbocycles. The van der Waals surface area contributed by atoms with Crippen LogP contribution in [0.5, 0.6) is 0 Å². The molecular formula is C12H12BrF3N2O3. The first kappa shape index (κ1) is 17.4. The van der Waals surface area contributed by atoms with E-state index in [2.05, 4.69) is 15.9 Å². The summed E-state index contributed by atoms with van der Waals surface area (Å²) in [6.45, 7) is 1.46. The second-order valence-electron chi connectivity index (χ2n) is 4.54. The van der Waals surface area contributed by atoms with Gasteiger partial charge >= 0.3 is 6.18 Å². The van der Waals surface area contributed by atoms with Gasteiger partial charge in [0.15, 0.2) is 0 Å². The Morgan fingerprint density at radius 2 is 2.00 bits per heavy atom. The lowest BCUT2D eigenvalue weighted by Crippen LogP contribution is -2.43. The van der Waals surface area contributed by atoms with E-state index in [1.165, 1.54) is 26.0 Å². The van der Waals surface area contributed by atoms with Gasteiger partial charge in [0.2, 0.25) is 0 Å². The zero-order valence-electron chi connectivity index (χ0n) is 11.1. The van der Waals surface area contributed by atoms with Crippen molar-refractivity contribution in [3.8, 4) is 0 Å². The number of amides is 1. The summed E-state index contributed by atoms with van der Waals surface area (Å²) >= 11 is 2.91. The van der Waals surface area contributed by atoms with E-state index >= 15 is 0 Å². The maximum atomic E-state index is 12.5. The van der Waals surface area contributed by atoms with Crippen LogP contribution in [0.25, 0.3) is 0 Å². The van der Waals surface area contributed by atoms with Crippen LogP contribution in [0.4, 0.5) is 18.9 Å². The van der Waals surface area contributed by atoms with E-state index in [1.54, 1.807) is 0 Å². The van der Waals surface area contributed by atoms with Crippen molar-refractivity contribution in [3.63, 3.8) is 0 Å². The van der Waals surface area contributed by atoms with Gasteiger partial charge in [0.1, 0.15) is 11.0 Å². The van der Waals surface area contributed by atoms with Gasteiger partial charge < -0.3 is 4.90 Å². The van der Waals surface area contributed by atoms with Gasteiger partial charge in [-0.2, -0.15) is 13.2 Å². The van der Waals surface area contributed by atoms with E-state index in [0.29, 0.717) is 4.90 Å². The molecule has 0 bridgehead atoms. The van der Waals surface area contributed by atoms with Crippen molar-refractivity contribution in [2.45, 2.75) is 26.1 Å². The fourth-order valence-corrected chi connectivity index (χ4v) is 2.24. The lowest BCUT2D eigenvalue weighted by molar-refractivity contribution is -0.385. The van der Waals surface area contributed by atoms with Crippen molar-refractivity contribution < 1.29 is 22.9 Å². The largest absolute Gasteiger partial charge is 0.406 e. The van der Waals surface area contributed by atoms with Gasteiger partial charge in [0.05, 0.1) is 10.5 Å². The van der Waals surface area contributed by atoms with Crippen molar-refractivity contribution in [2.75, 3.05) is 6.54 Å². The molecule has 0 aliphatic carbocycles. The van der Waals surface area contributed by atoms with Gasteiger partial charge in [-0.05, 0) is 35.8 Å². The molecule has 9 heteroatoms. The summed E-state index contributed by atoms with van der Waals surface area (Å²) in [5.74, 6) is -0.919. The van der Waals surface area contributed by atoms with Crippen LogP contribution in [-0.2, 0) is 0 Å². The average molecular weight is 369 g/mol. The maximum Gasteiger partial charge on any atom is 0.406 e. The molecule has 116 valence electrons. The fraction of sp³-hybridized carbons (Fsp3) is 0.417.